The zero-order valence-electron chi connectivity index (χ0n) is 12.4. The highest BCUT2D eigenvalue weighted by Crippen LogP contribution is 2.31. The maximum Gasteiger partial charge on any atom is 0.238 e. The standard InChI is InChI=1S/C16H20N2O2S/c1-16(2,3)14-9-6-12(10-15(14)17)11-4-7-13(8-5-11)21(18,19)20/h4-10H,17H2,1-3H3,(H2,18,19,20). The first kappa shape index (κ1) is 15.5. The molecular formula is C16H20N2O2S. The normalized spacial score (nSPS) is 12.4. The largest absolute Gasteiger partial charge is 0.398 e. The molecule has 0 saturated heterocycles. The van der Waals surface area contributed by atoms with E-state index in [1.807, 2.05) is 18.2 Å². The first-order valence-corrected chi connectivity index (χ1v) is 8.17. The molecule has 0 saturated carbocycles. The lowest BCUT2D eigenvalue weighted by Crippen LogP contribution is -2.13. The Labute approximate surface area is 125 Å². The third-order valence-corrected chi connectivity index (χ3v) is 4.30. The fourth-order valence-electron chi connectivity index (χ4n) is 2.26. The van der Waals surface area contributed by atoms with Gasteiger partial charge in [-0.2, -0.15) is 0 Å². The summed E-state index contributed by atoms with van der Waals surface area (Å²) >= 11 is 0. The van der Waals surface area contributed by atoms with Crippen molar-refractivity contribution in [3.63, 3.8) is 0 Å². The Bertz CT molecular complexity index is 758. The van der Waals surface area contributed by atoms with Gasteiger partial charge in [0, 0.05) is 5.69 Å². The Balaban J connectivity index is 2.42. The molecule has 0 aliphatic carbocycles. The summed E-state index contributed by atoms with van der Waals surface area (Å²) in [4.78, 5) is 0.102. The lowest BCUT2D eigenvalue weighted by atomic mass is 9.85. The van der Waals surface area contributed by atoms with Crippen molar-refractivity contribution in [2.75, 3.05) is 5.73 Å². The molecule has 2 aromatic rings. The van der Waals surface area contributed by atoms with Crippen LogP contribution in [0.3, 0.4) is 0 Å². The van der Waals surface area contributed by atoms with Gasteiger partial charge in [-0.15, -0.1) is 0 Å². The summed E-state index contributed by atoms with van der Waals surface area (Å²) in [7, 11) is -3.66. The van der Waals surface area contributed by atoms with Crippen LogP contribution in [0.15, 0.2) is 47.4 Å². The van der Waals surface area contributed by atoms with E-state index >= 15 is 0 Å². The SMILES string of the molecule is CC(C)(C)c1ccc(-c2ccc(S(N)(=O)=O)cc2)cc1N. The van der Waals surface area contributed by atoms with Crippen molar-refractivity contribution in [1.82, 2.24) is 0 Å². The molecule has 0 amide bonds. The van der Waals surface area contributed by atoms with Gasteiger partial charge in [-0.1, -0.05) is 45.0 Å². The van der Waals surface area contributed by atoms with Crippen molar-refractivity contribution in [3.8, 4) is 11.1 Å². The van der Waals surface area contributed by atoms with E-state index in [1.165, 1.54) is 12.1 Å². The van der Waals surface area contributed by atoms with E-state index in [-0.39, 0.29) is 10.3 Å². The monoisotopic (exact) mass is 304 g/mol. The van der Waals surface area contributed by atoms with Crippen LogP contribution < -0.4 is 10.9 Å². The Morgan fingerprint density at radius 1 is 0.905 bits per heavy atom. The molecule has 4 N–H and O–H groups in total. The van der Waals surface area contributed by atoms with E-state index in [1.54, 1.807) is 12.1 Å². The molecule has 4 nitrogen and oxygen atoms in total. The minimum Gasteiger partial charge on any atom is -0.398 e. The molecule has 0 radical (unpaired) electrons. The zero-order chi connectivity index (χ0) is 15.8. The second kappa shape index (κ2) is 5.16. The molecule has 0 heterocycles. The number of hydrogen-bond donors (Lipinski definition) is 2. The maximum atomic E-state index is 11.2. The summed E-state index contributed by atoms with van der Waals surface area (Å²) in [5.74, 6) is 0. The van der Waals surface area contributed by atoms with Gasteiger partial charge in [0.05, 0.1) is 4.90 Å². The topological polar surface area (TPSA) is 86.2 Å². The number of anilines is 1. The fraction of sp³-hybridized carbons (Fsp3) is 0.250. The minimum atomic E-state index is -3.66. The van der Waals surface area contributed by atoms with Crippen LogP contribution in [0.1, 0.15) is 26.3 Å². The highest BCUT2D eigenvalue weighted by Gasteiger charge is 2.17. The van der Waals surface area contributed by atoms with E-state index in [4.69, 9.17) is 10.9 Å². The molecule has 0 bridgehead atoms. The Hall–Kier alpha value is -1.85. The summed E-state index contributed by atoms with van der Waals surface area (Å²) in [5, 5.41) is 5.09. The molecule has 21 heavy (non-hydrogen) atoms. The second-order valence-electron chi connectivity index (χ2n) is 6.12. The summed E-state index contributed by atoms with van der Waals surface area (Å²) < 4.78 is 22.5. The third-order valence-electron chi connectivity index (χ3n) is 3.38. The van der Waals surface area contributed by atoms with Gasteiger partial charge >= 0.3 is 0 Å². The van der Waals surface area contributed by atoms with Crippen molar-refractivity contribution >= 4 is 15.7 Å². The van der Waals surface area contributed by atoms with Crippen molar-refractivity contribution in [2.24, 2.45) is 5.14 Å². The molecule has 0 aliphatic heterocycles. The molecule has 2 rings (SSSR count). The molecule has 0 spiro atoms. The van der Waals surface area contributed by atoms with Crippen LogP contribution in [-0.2, 0) is 15.4 Å². The van der Waals surface area contributed by atoms with E-state index in [0.29, 0.717) is 0 Å². The first-order valence-electron chi connectivity index (χ1n) is 6.62. The van der Waals surface area contributed by atoms with E-state index in [0.717, 1.165) is 22.4 Å². The first-order chi connectivity index (χ1) is 9.59. The zero-order valence-corrected chi connectivity index (χ0v) is 13.2. The molecule has 0 aromatic heterocycles. The fourth-order valence-corrected chi connectivity index (χ4v) is 2.78. The van der Waals surface area contributed by atoms with Gasteiger partial charge in [-0.05, 0) is 40.3 Å². The summed E-state index contributed by atoms with van der Waals surface area (Å²) in [6.45, 7) is 6.33. The van der Waals surface area contributed by atoms with Gasteiger partial charge in [0.15, 0.2) is 0 Å². The Morgan fingerprint density at radius 3 is 1.86 bits per heavy atom. The van der Waals surface area contributed by atoms with E-state index < -0.39 is 10.0 Å². The average Bonchev–Trinajstić information content (AvgIpc) is 2.36. The lowest BCUT2D eigenvalue weighted by Gasteiger charge is -2.21. The van der Waals surface area contributed by atoms with Crippen LogP contribution in [0.4, 0.5) is 5.69 Å². The third kappa shape index (κ3) is 3.43. The summed E-state index contributed by atoms with van der Waals surface area (Å²) in [6, 6.07) is 12.4. The van der Waals surface area contributed by atoms with Crippen molar-refractivity contribution in [2.45, 2.75) is 31.1 Å². The number of nitrogens with two attached hydrogens (primary N) is 2. The van der Waals surface area contributed by atoms with Crippen LogP contribution in [-0.4, -0.2) is 8.42 Å². The van der Waals surface area contributed by atoms with Crippen molar-refractivity contribution in [1.29, 1.82) is 0 Å². The van der Waals surface area contributed by atoms with Gasteiger partial charge in [-0.3, -0.25) is 0 Å². The number of nitrogen functional groups attached to an aromatic ring is 1. The number of benzene rings is 2. The molecule has 2 aromatic carbocycles. The number of rotatable bonds is 2. The quantitative estimate of drug-likeness (QED) is 0.836. The minimum absolute atomic E-state index is 0.0138. The Kier molecular flexibility index (Phi) is 3.82. The van der Waals surface area contributed by atoms with Crippen LogP contribution in [0, 0.1) is 0 Å². The molecule has 0 unspecified atom stereocenters. The second-order valence-corrected chi connectivity index (χ2v) is 7.68. The smallest absolute Gasteiger partial charge is 0.238 e. The van der Waals surface area contributed by atoms with Crippen LogP contribution in [0.25, 0.3) is 11.1 Å². The van der Waals surface area contributed by atoms with Crippen LogP contribution >= 0.6 is 0 Å². The highest BCUT2D eigenvalue weighted by molar-refractivity contribution is 7.89. The molecule has 5 heteroatoms. The number of hydrogen-bond acceptors (Lipinski definition) is 3. The molecule has 112 valence electrons. The van der Waals surface area contributed by atoms with Gasteiger partial charge < -0.3 is 5.73 Å². The Morgan fingerprint density at radius 2 is 1.43 bits per heavy atom. The van der Waals surface area contributed by atoms with Gasteiger partial charge in [0.2, 0.25) is 10.0 Å². The molecule has 0 aliphatic rings. The molecule has 0 fully saturated rings. The van der Waals surface area contributed by atoms with Gasteiger partial charge in [0.1, 0.15) is 0 Å². The molecular weight excluding hydrogens is 284 g/mol. The predicted octanol–water partition coefficient (Wildman–Crippen LogP) is 2.88. The van der Waals surface area contributed by atoms with Crippen LogP contribution in [0.5, 0.6) is 0 Å². The summed E-state index contributed by atoms with van der Waals surface area (Å²) in [6.07, 6.45) is 0. The van der Waals surface area contributed by atoms with E-state index in [9.17, 15) is 8.42 Å². The highest BCUT2D eigenvalue weighted by atomic mass is 32.2. The number of sulfonamides is 1. The van der Waals surface area contributed by atoms with Crippen molar-refractivity contribution < 1.29 is 8.42 Å². The van der Waals surface area contributed by atoms with Crippen LogP contribution in [0.2, 0.25) is 0 Å². The number of primary sulfonamides is 1. The van der Waals surface area contributed by atoms with E-state index in [2.05, 4.69) is 20.8 Å². The predicted molar refractivity (Wildman–Crippen MR) is 86.4 cm³/mol. The summed E-state index contributed by atoms with van der Waals surface area (Å²) in [5.41, 5.74) is 9.78. The van der Waals surface area contributed by atoms with Crippen molar-refractivity contribution in [3.05, 3.63) is 48.0 Å². The van der Waals surface area contributed by atoms with Gasteiger partial charge in [0.25, 0.3) is 0 Å². The maximum absolute atomic E-state index is 11.2. The molecule has 0 atom stereocenters. The van der Waals surface area contributed by atoms with Gasteiger partial charge in [-0.25, -0.2) is 13.6 Å². The lowest BCUT2D eigenvalue weighted by molar-refractivity contribution is 0.592. The average molecular weight is 304 g/mol.